The van der Waals surface area contributed by atoms with E-state index in [2.05, 4.69) is 37.7 Å². The molecule has 0 spiro atoms. The lowest BCUT2D eigenvalue weighted by Gasteiger charge is -2.38. The van der Waals surface area contributed by atoms with Crippen LogP contribution in [0.4, 0.5) is 5.82 Å². The Kier molecular flexibility index (Phi) is 4.10. The van der Waals surface area contributed by atoms with Crippen molar-refractivity contribution in [1.82, 2.24) is 19.9 Å². The van der Waals surface area contributed by atoms with Crippen molar-refractivity contribution in [1.29, 1.82) is 0 Å². The molecule has 1 unspecified atom stereocenters. The molecule has 5 heteroatoms. The van der Waals surface area contributed by atoms with Gasteiger partial charge in [0.1, 0.15) is 5.82 Å². The summed E-state index contributed by atoms with van der Waals surface area (Å²) in [7, 11) is 0. The summed E-state index contributed by atoms with van der Waals surface area (Å²) in [5.41, 5.74) is 2.25. The third kappa shape index (κ3) is 3.19. The first-order chi connectivity index (χ1) is 10.2. The van der Waals surface area contributed by atoms with E-state index in [1.54, 1.807) is 6.20 Å². The molecule has 1 fully saturated rings. The first-order valence-corrected chi connectivity index (χ1v) is 7.41. The van der Waals surface area contributed by atoms with Crippen LogP contribution in [0.1, 0.15) is 24.2 Å². The highest BCUT2D eigenvalue weighted by Crippen LogP contribution is 2.22. The fraction of sp³-hybridized carbons (Fsp3) is 0.438. The molecule has 0 radical (unpaired) electrons. The van der Waals surface area contributed by atoms with E-state index in [4.69, 9.17) is 0 Å². The van der Waals surface area contributed by atoms with Crippen LogP contribution in [0.3, 0.4) is 0 Å². The van der Waals surface area contributed by atoms with Crippen molar-refractivity contribution in [2.24, 2.45) is 0 Å². The maximum Gasteiger partial charge on any atom is 0.147 e. The second kappa shape index (κ2) is 6.18. The van der Waals surface area contributed by atoms with E-state index in [1.165, 1.54) is 5.56 Å². The fourth-order valence-electron chi connectivity index (χ4n) is 2.77. The Morgan fingerprint density at radius 3 is 2.52 bits per heavy atom. The van der Waals surface area contributed by atoms with Crippen LogP contribution < -0.4 is 4.90 Å². The van der Waals surface area contributed by atoms with Crippen LogP contribution in [0.15, 0.2) is 36.9 Å². The highest BCUT2D eigenvalue weighted by molar-refractivity contribution is 5.37. The predicted octanol–water partition coefficient (Wildman–Crippen LogP) is 2.06. The van der Waals surface area contributed by atoms with Crippen LogP contribution in [0.5, 0.6) is 0 Å². The highest BCUT2D eigenvalue weighted by Gasteiger charge is 2.22. The standard InChI is InChI=1S/C16H21N5/c1-13-10-18-12-16(19-13)21-8-6-20(7-9-21)14(2)15-4-3-5-17-11-15/h3-5,10-12,14H,6-9H2,1-2H3. The van der Waals surface area contributed by atoms with E-state index in [9.17, 15) is 0 Å². The van der Waals surface area contributed by atoms with Crippen molar-refractivity contribution in [3.8, 4) is 0 Å². The zero-order chi connectivity index (χ0) is 14.7. The zero-order valence-corrected chi connectivity index (χ0v) is 12.6. The predicted molar refractivity (Wildman–Crippen MR) is 83.2 cm³/mol. The molecule has 2 aromatic rings. The Labute approximate surface area is 125 Å². The number of aryl methyl sites for hydroxylation is 1. The van der Waals surface area contributed by atoms with E-state index >= 15 is 0 Å². The van der Waals surface area contributed by atoms with Crippen molar-refractivity contribution in [2.75, 3.05) is 31.1 Å². The molecular formula is C16H21N5. The molecule has 110 valence electrons. The Morgan fingerprint density at radius 1 is 1.05 bits per heavy atom. The van der Waals surface area contributed by atoms with E-state index in [1.807, 2.05) is 31.6 Å². The van der Waals surface area contributed by atoms with Gasteiger partial charge in [0, 0.05) is 50.8 Å². The minimum Gasteiger partial charge on any atom is -0.353 e. The van der Waals surface area contributed by atoms with Gasteiger partial charge in [-0.1, -0.05) is 6.07 Å². The van der Waals surface area contributed by atoms with Crippen LogP contribution >= 0.6 is 0 Å². The Hall–Kier alpha value is -2.01. The molecule has 2 aromatic heterocycles. The zero-order valence-electron chi connectivity index (χ0n) is 12.6. The molecule has 21 heavy (non-hydrogen) atoms. The highest BCUT2D eigenvalue weighted by atomic mass is 15.3. The van der Waals surface area contributed by atoms with Gasteiger partial charge in [-0.3, -0.25) is 14.9 Å². The molecule has 1 aliphatic rings. The third-order valence-electron chi connectivity index (χ3n) is 4.10. The van der Waals surface area contributed by atoms with E-state index in [0.29, 0.717) is 6.04 Å². The maximum absolute atomic E-state index is 4.56. The summed E-state index contributed by atoms with van der Waals surface area (Å²) >= 11 is 0. The average molecular weight is 283 g/mol. The normalized spacial score (nSPS) is 17.7. The molecule has 3 rings (SSSR count). The van der Waals surface area contributed by atoms with Crippen molar-refractivity contribution in [2.45, 2.75) is 19.9 Å². The third-order valence-corrected chi connectivity index (χ3v) is 4.10. The molecule has 0 aromatic carbocycles. The van der Waals surface area contributed by atoms with Crippen LogP contribution in [0.2, 0.25) is 0 Å². The number of aromatic nitrogens is 3. The smallest absolute Gasteiger partial charge is 0.147 e. The summed E-state index contributed by atoms with van der Waals surface area (Å²) in [5.74, 6) is 0.990. The van der Waals surface area contributed by atoms with Gasteiger partial charge in [-0.2, -0.15) is 0 Å². The summed E-state index contributed by atoms with van der Waals surface area (Å²) in [4.78, 5) is 17.8. The Balaban J connectivity index is 1.63. The van der Waals surface area contributed by atoms with E-state index in [-0.39, 0.29) is 0 Å². The molecule has 0 bridgehead atoms. The summed E-state index contributed by atoms with van der Waals surface area (Å²) in [5, 5.41) is 0. The van der Waals surface area contributed by atoms with Crippen LogP contribution in [0.25, 0.3) is 0 Å². The van der Waals surface area contributed by atoms with Gasteiger partial charge in [-0.05, 0) is 25.5 Å². The first-order valence-electron chi connectivity index (χ1n) is 7.41. The summed E-state index contributed by atoms with van der Waals surface area (Å²) in [6.07, 6.45) is 7.44. The number of pyridine rings is 1. The SMILES string of the molecule is Cc1cncc(N2CCN(C(C)c3cccnc3)CC2)n1. The lowest BCUT2D eigenvalue weighted by molar-refractivity contribution is 0.198. The largest absolute Gasteiger partial charge is 0.353 e. The molecule has 1 aliphatic heterocycles. The molecule has 0 aliphatic carbocycles. The quantitative estimate of drug-likeness (QED) is 0.863. The minimum atomic E-state index is 0.407. The topological polar surface area (TPSA) is 45.2 Å². The van der Waals surface area contributed by atoms with Gasteiger partial charge in [0.25, 0.3) is 0 Å². The van der Waals surface area contributed by atoms with Crippen molar-refractivity contribution >= 4 is 5.82 Å². The van der Waals surface area contributed by atoms with Gasteiger partial charge in [0.2, 0.25) is 0 Å². The number of anilines is 1. The molecule has 0 saturated carbocycles. The molecule has 1 saturated heterocycles. The van der Waals surface area contributed by atoms with Crippen LogP contribution in [-0.4, -0.2) is 46.0 Å². The molecule has 1 atom stereocenters. The maximum atomic E-state index is 4.56. The molecular weight excluding hydrogens is 262 g/mol. The monoisotopic (exact) mass is 283 g/mol. The second-order valence-corrected chi connectivity index (χ2v) is 5.50. The van der Waals surface area contributed by atoms with Gasteiger partial charge in [0.05, 0.1) is 11.9 Å². The van der Waals surface area contributed by atoms with Crippen molar-refractivity contribution in [3.05, 3.63) is 48.2 Å². The average Bonchev–Trinajstić information content (AvgIpc) is 2.55. The van der Waals surface area contributed by atoms with E-state index in [0.717, 1.165) is 37.7 Å². The van der Waals surface area contributed by atoms with Gasteiger partial charge in [-0.25, -0.2) is 4.98 Å². The summed E-state index contributed by atoms with van der Waals surface area (Å²) in [6, 6.07) is 4.56. The molecule has 5 nitrogen and oxygen atoms in total. The fourth-order valence-corrected chi connectivity index (χ4v) is 2.77. The number of nitrogens with zero attached hydrogens (tertiary/aromatic N) is 5. The van der Waals surface area contributed by atoms with Crippen molar-refractivity contribution < 1.29 is 0 Å². The van der Waals surface area contributed by atoms with Gasteiger partial charge >= 0.3 is 0 Å². The minimum absolute atomic E-state index is 0.407. The van der Waals surface area contributed by atoms with Crippen LogP contribution in [0, 0.1) is 6.92 Å². The lowest BCUT2D eigenvalue weighted by Crippen LogP contribution is -2.47. The van der Waals surface area contributed by atoms with Gasteiger partial charge in [-0.15, -0.1) is 0 Å². The van der Waals surface area contributed by atoms with E-state index < -0.39 is 0 Å². The van der Waals surface area contributed by atoms with Crippen LogP contribution in [-0.2, 0) is 0 Å². The number of piperazine rings is 1. The summed E-state index contributed by atoms with van der Waals surface area (Å²) < 4.78 is 0. The van der Waals surface area contributed by atoms with Gasteiger partial charge in [0.15, 0.2) is 0 Å². The molecule has 0 amide bonds. The second-order valence-electron chi connectivity index (χ2n) is 5.50. The van der Waals surface area contributed by atoms with Gasteiger partial charge < -0.3 is 4.90 Å². The Morgan fingerprint density at radius 2 is 1.86 bits per heavy atom. The Bertz CT molecular complexity index is 578. The molecule has 3 heterocycles. The summed E-state index contributed by atoms with van der Waals surface area (Å²) in [6.45, 7) is 8.28. The number of hydrogen-bond donors (Lipinski definition) is 0. The lowest BCUT2D eigenvalue weighted by atomic mass is 10.1. The van der Waals surface area contributed by atoms with Crippen molar-refractivity contribution in [3.63, 3.8) is 0 Å². The molecule has 0 N–H and O–H groups in total. The number of hydrogen-bond acceptors (Lipinski definition) is 5. The number of rotatable bonds is 3. The first kappa shape index (κ1) is 13.9.